The number of hydrazone groups is 1. The summed E-state index contributed by atoms with van der Waals surface area (Å²) in [5, 5.41) is 14.7. The molecule has 0 aliphatic carbocycles. The minimum Gasteiger partial charge on any atom is -0.504 e. The van der Waals surface area contributed by atoms with Crippen LogP contribution in [0.1, 0.15) is 12.5 Å². The van der Waals surface area contributed by atoms with Gasteiger partial charge in [0.15, 0.2) is 18.1 Å². The van der Waals surface area contributed by atoms with Crippen LogP contribution < -0.4 is 14.9 Å². The molecule has 138 valence electrons. The maximum Gasteiger partial charge on any atom is 0.277 e. The molecular formula is C17H15Cl3N2O4. The number of rotatable bonds is 7. The fourth-order valence-electron chi connectivity index (χ4n) is 1.88. The van der Waals surface area contributed by atoms with Gasteiger partial charge in [0.05, 0.1) is 28.4 Å². The molecule has 0 aliphatic heterocycles. The lowest BCUT2D eigenvalue weighted by Crippen LogP contribution is -2.24. The van der Waals surface area contributed by atoms with E-state index in [2.05, 4.69) is 10.5 Å². The van der Waals surface area contributed by atoms with Crippen LogP contribution in [0.4, 0.5) is 0 Å². The minimum absolute atomic E-state index is 0.0861. The lowest BCUT2D eigenvalue weighted by Gasteiger charge is -2.10. The summed E-state index contributed by atoms with van der Waals surface area (Å²) in [6.07, 6.45) is 1.17. The van der Waals surface area contributed by atoms with E-state index in [9.17, 15) is 9.90 Å². The molecule has 0 aliphatic rings. The van der Waals surface area contributed by atoms with Gasteiger partial charge in [0, 0.05) is 11.1 Å². The zero-order valence-electron chi connectivity index (χ0n) is 13.6. The lowest BCUT2D eigenvalue weighted by atomic mass is 10.2. The van der Waals surface area contributed by atoms with E-state index in [0.717, 1.165) is 0 Å². The highest BCUT2D eigenvalue weighted by molar-refractivity contribution is 6.43. The summed E-state index contributed by atoms with van der Waals surface area (Å²) in [6.45, 7) is 1.84. The number of nitrogens with zero attached hydrogens (tertiary/aromatic N) is 1. The van der Waals surface area contributed by atoms with Gasteiger partial charge in [-0.3, -0.25) is 4.79 Å². The molecule has 2 rings (SSSR count). The molecule has 2 N–H and O–H groups in total. The van der Waals surface area contributed by atoms with Gasteiger partial charge in [-0.15, -0.1) is 0 Å². The van der Waals surface area contributed by atoms with Crippen LogP contribution in [0.5, 0.6) is 17.2 Å². The standard InChI is InChI=1S/C17H15Cl3N2O4/c1-2-25-14-7-13(19)16(20)12(17(14)24)8-21-22-15(23)9-26-11-5-3-10(18)4-6-11/h3-8,24H,2,9H2,1H3,(H,22,23). The first-order valence-electron chi connectivity index (χ1n) is 7.46. The third kappa shape index (κ3) is 5.42. The zero-order chi connectivity index (χ0) is 19.1. The number of carbonyl (C=O) groups is 1. The SMILES string of the molecule is CCOc1cc(Cl)c(Cl)c(C=NNC(=O)COc2ccc(Cl)cc2)c1O. The van der Waals surface area contributed by atoms with E-state index in [-0.39, 0.29) is 33.7 Å². The summed E-state index contributed by atoms with van der Waals surface area (Å²) >= 11 is 17.8. The van der Waals surface area contributed by atoms with Crippen LogP contribution in [0.15, 0.2) is 35.4 Å². The van der Waals surface area contributed by atoms with Crippen LogP contribution in [0, 0.1) is 0 Å². The first-order chi connectivity index (χ1) is 12.4. The smallest absolute Gasteiger partial charge is 0.277 e. The summed E-state index contributed by atoms with van der Waals surface area (Å²) < 4.78 is 10.5. The van der Waals surface area contributed by atoms with Gasteiger partial charge in [0.1, 0.15) is 5.75 Å². The molecule has 0 unspecified atom stereocenters. The Morgan fingerprint density at radius 2 is 1.92 bits per heavy atom. The van der Waals surface area contributed by atoms with Crippen molar-refractivity contribution in [1.82, 2.24) is 5.43 Å². The van der Waals surface area contributed by atoms with E-state index in [1.54, 1.807) is 31.2 Å². The van der Waals surface area contributed by atoms with Crippen LogP contribution in [0.25, 0.3) is 0 Å². The van der Waals surface area contributed by atoms with Crippen molar-refractivity contribution in [3.05, 3.63) is 51.0 Å². The van der Waals surface area contributed by atoms with Crippen LogP contribution in [0.3, 0.4) is 0 Å². The summed E-state index contributed by atoms with van der Waals surface area (Å²) in [4.78, 5) is 11.8. The van der Waals surface area contributed by atoms with Gasteiger partial charge in [-0.1, -0.05) is 34.8 Å². The van der Waals surface area contributed by atoms with E-state index in [1.165, 1.54) is 12.3 Å². The third-order valence-electron chi connectivity index (χ3n) is 3.06. The van der Waals surface area contributed by atoms with Crippen molar-refractivity contribution >= 4 is 46.9 Å². The number of amides is 1. The highest BCUT2D eigenvalue weighted by Crippen LogP contribution is 2.39. The predicted octanol–water partition coefficient (Wildman–Crippen LogP) is 4.28. The Hall–Kier alpha value is -2.15. The minimum atomic E-state index is -0.501. The number of ether oxygens (including phenoxy) is 2. The molecule has 0 fully saturated rings. The number of hydrogen-bond donors (Lipinski definition) is 2. The monoisotopic (exact) mass is 416 g/mol. The van der Waals surface area contributed by atoms with Crippen molar-refractivity contribution in [3.8, 4) is 17.2 Å². The molecule has 6 nitrogen and oxygen atoms in total. The van der Waals surface area contributed by atoms with E-state index in [0.29, 0.717) is 17.4 Å². The van der Waals surface area contributed by atoms with E-state index in [1.807, 2.05) is 0 Å². The molecule has 0 heterocycles. The number of aromatic hydroxyl groups is 1. The summed E-state index contributed by atoms with van der Waals surface area (Å²) in [7, 11) is 0. The number of phenolic OH excluding ortho intramolecular Hbond substituents is 1. The van der Waals surface area contributed by atoms with Crippen LogP contribution in [-0.2, 0) is 4.79 Å². The van der Waals surface area contributed by atoms with Gasteiger partial charge >= 0.3 is 0 Å². The summed E-state index contributed by atoms with van der Waals surface area (Å²) in [6, 6.07) is 7.97. The Kier molecular flexibility index (Phi) is 7.38. The van der Waals surface area contributed by atoms with Gasteiger partial charge in [0.2, 0.25) is 0 Å². The highest BCUT2D eigenvalue weighted by atomic mass is 35.5. The van der Waals surface area contributed by atoms with Gasteiger partial charge < -0.3 is 14.6 Å². The van der Waals surface area contributed by atoms with Crippen LogP contribution in [0.2, 0.25) is 15.1 Å². The number of carbonyl (C=O) groups excluding carboxylic acids is 1. The molecule has 26 heavy (non-hydrogen) atoms. The Morgan fingerprint density at radius 1 is 1.23 bits per heavy atom. The number of nitrogens with one attached hydrogen (secondary N) is 1. The third-order valence-corrected chi connectivity index (χ3v) is 4.11. The highest BCUT2D eigenvalue weighted by Gasteiger charge is 2.15. The fourth-order valence-corrected chi connectivity index (χ4v) is 2.40. The Bertz CT molecular complexity index is 811. The predicted molar refractivity (Wildman–Crippen MR) is 102 cm³/mol. The molecule has 0 bridgehead atoms. The number of hydrogen-bond acceptors (Lipinski definition) is 5. The summed E-state index contributed by atoms with van der Waals surface area (Å²) in [5.41, 5.74) is 2.39. The average Bonchev–Trinajstić information content (AvgIpc) is 2.62. The molecule has 1 amide bonds. The maximum absolute atomic E-state index is 11.8. The number of phenols is 1. The molecule has 0 saturated carbocycles. The van der Waals surface area contributed by atoms with Gasteiger partial charge in [-0.2, -0.15) is 5.10 Å². The molecule has 2 aromatic rings. The fraction of sp³-hybridized carbons (Fsp3) is 0.176. The normalized spacial score (nSPS) is 10.8. The molecular weight excluding hydrogens is 403 g/mol. The van der Waals surface area contributed by atoms with Crippen LogP contribution >= 0.6 is 34.8 Å². The second-order valence-corrected chi connectivity index (χ2v) is 6.12. The quantitative estimate of drug-likeness (QED) is 0.520. The van der Waals surface area contributed by atoms with Gasteiger partial charge in [-0.05, 0) is 31.2 Å². The van der Waals surface area contributed by atoms with Crippen molar-refractivity contribution in [1.29, 1.82) is 0 Å². The number of benzene rings is 2. The maximum atomic E-state index is 11.8. The van der Waals surface area contributed by atoms with Crippen molar-refractivity contribution in [3.63, 3.8) is 0 Å². The zero-order valence-corrected chi connectivity index (χ0v) is 15.9. The van der Waals surface area contributed by atoms with Crippen molar-refractivity contribution < 1.29 is 19.4 Å². The average molecular weight is 418 g/mol. The van der Waals surface area contributed by atoms with Crippen LogP contribution in [-0.4, -0.2) is 30.4 Å². The van der Waals surface area contributed by atoms with Crippen molar-refractivity contribution in [2.75, 3.05) is 13.2 Å². The Labute approximate surface area is 165 Å². The lowest BCUT2D eigenvalue weighted by molar-refractivity contribution is -0.123. The van der Waals surface area contributed by atoms with Gasteiger partial charge in [-0.25, -0.2) is 5.43 Å². The largest absolute Gasteiger partial charge is 0.504 e. The first-order valence-corrected chi connectivity index (χ1v) is 8.59. The second kappa shape index (κ2) is 9.52. The van der Waals surface area contributed by atoms with Crippen molar-refractivity contribution in [2.24, 2.45) is 5.10 Å². The molecule has 0 atom stereocenters. The Balaban J connectivity index is 1.99. The van der Waals surface area contributed by atoms with E-state index in [4.69, 9.17) is 44.3 Å². The molecule has 2 aromatic carbocycles. The summed E-state index contributed by atoms with van der Waals surface area (Å²) in [5.74, 6) is -0.0679. The number of halogens is 3. The molecule has 0 aromatic heterocycles. The van der Waals surface area contributed by atoms with E-state index < -0.39 is 5.91 Å². The Morgan fingerprint density at radius 3 is 2.58 bits per heavy atom. The molecule has 9 heteroatoms. The van der Waals surface area contributed by atoms with Gasteiger partial charge in [0.25, 0.3) is 5.91 Å². The second-order valence-electron chi connectivity index (χ2n) is 4.90. The molecule has 0 radical (unpaired) electrons. The van der Waals surface area contributed by atoms with E-state index >= 15 is 0 Å². The first kappa shape index (κ1) is 20.2. The van der Waals surface area contributed by atoms with Crippen molar-refractivity contribution in [2.45, 2.75) is 6.92 Å². The molecule has 0 saturated heterocycles. The topological polar surface area (TPSA) is 80.2 Å². The molecule has 0 spiro atoms.